The monoisotopic (exact) mass is 375 g/mol. The molecule has 0 amide bonds. The molecule has 140 valence electrons. The van der Waals surface area contributed by atoms with Gasteiger partial charge in [-0.1, -0.05) is 0 Å². The predicted octanol–water partition coefficient (Wildman–Crippen LogP) is 3.14. The van der Waals surface area contributed by atoms with Crippen molar-refractivity contribution in [3.8, 4) is 11.1 Å². The van der Waals surface area contributed by atoms with E-state index in [0.29, 0.717) is 19.8 Å². The first-order valence-electron chi connectivity index (χ1n) is 9.22. The molecule has 0 saturated carbocycles. The van der Waals surface area contributed by atoms with Crippen LogP contribution in [0, 0.1) is 5.82 Å². The number of ether oxygens (including phenoxy) is 1. The second kappa shape index (κ2) is 7.09. The molecule has 0 aliphatic carbocycles. The molecular formula is C21H18FN5O. The highest BCUT2D eigenvalue weighted by Crippen LogP contribution is 2.34. The first kappa shape index (κ1) is 16.9. The van der Waals surface area contributed by atoms with E-state index in [4.69, 9.17) is 9.72 Å². The summed E-state index contributed by atoms with van der Waals surface area (Å²) >= 11 is 0. The van der Waals surface area contributed by atoms with Crippen molar-refractivity contribution in [1.29, 1.82) is 0 Å². The normalized spacial score (nSPS) is 16.6. The van der Waals surface area contributed by atoms with Gasteiger partial charge in [-0.2, -0.15) is 0 Å². The van der Waals surface area contributed by atoms with Crippen LogP contribution in [0.3, 0.4) is 0 Å². The summed E-state index contributed by atoms with van der Waals surface area (Å²) in [5, 5.41) is 0.919. The summed E-state index contributed by atoms with van der Waals surface area (Å²) in [4.78, 5) is 20.0. The Morgan fingerprint density at radius 1 is 1.11 bits per heavy atom. The molecule has 7 heteroatoms. The number of halogens is 1. The average molecular weight is 375 g/mol. The average Bonchev–Trinajstić information content (AvgIpc) is 3.28. The molecule has 5 heterocycles. The van der Waals surface area contributed by atoms with Crippen molar-refractivity contribution >= 4 is 28.5 Å². The van der Waals surface area contributed by atoms with Crippen LogP contribution in [0.4, 0.5) is 10.2 Å². The van der Waals surface area contributed by atoms with Gasteiger partial charge in [-0.3, -0.25) is 15.0 Å². The summed E-state index contributed by atoms with van der Waals surface area (Å²) < 4.78 is 19.4. The highest BCUT2D eigenvalue weighted by atomic mass is 19.1. The molecule has 28 heavy (non-hydrogen) atoms. The Morgan fingerprint density at radius 2 is 2.00 bits per heavy atom. The van der Waals surface area contributed by atoms with E-state index in [0.717, 1.165) is 52.2 Å². The lowest BCUT2D eigenvalue weighted by molar-refractivity contribution is 0.122. The quantitative estimate of drug-likeness (QED) is 0.704. The van der Waals surface area contributed by atoms with Crippen molar-refractivity contribution < 1.29 is 9.13 Å². The van der Waals surface area contributed by atoms with Gasteiger partial charge in [-0.05, 0) is 29.8 Å². The minimum absolute atomic E-state index is 0.364. The number of hydrogen-bond acceptors (Lipinski definition) is 6. The maximum Gasteiger partial charge on any atom is 0.142 e. The molecule has 3 aromatic heterocycles. The number of fused-ring (bicyclic) bond motifs is 1. The van der Waals surface area contributed by atoms with E-state index in [2.05, 4.69) is 19.9 Å². The second-order valence-corrected chi connectivity index (χ2v) is 6.76. The van der Waals surface area contributed by atoms with E-state index in [9.17, 15) is 4.39 Å². The summed E-state index contributed by atoms with van der Waals surface area (Å²) in [7, 11) is 0. The van der Waals surface area contributed by atoms with Gasteiger partial charge in [0.25, 0.3) is 0 Å². The van der Waals surface area contributed by atoms with E-state index in [1.807, 2.05) is 18.2 Å². The van der Waals surface area contributed by atoms with Crippen molar-refractivity contribution in [2.75, 3.05) is 37.7 Å². The number of morpholine rings is 1. The van der Waals surface area contributed by atoms with Gasteiger partial charge >= 0.3 is 0 Å². The molecule has 0 radical (unpaired) electrons. The molecule has 2 aliphatic rings. The van der Waals surface area contributed by atoms with E-state index in [-0.39, 0.29) is 5.82 Å². The standard InChI is InChI=1S/C21H18FN5O/c22-16-9-15(12-24-13-16)18-10-19(27-5-7-28-8-6-27)26-21-17(18)2-4-25-20(21)14-1-3-23-11-14/h1-4,9-10,12-13H,5-8,11H2. The van der Waals surface area contributed by atoms with E-state index >= 15 is 0 Å². The van der Waals surface area contributed by atoms with Gasteiger partial charge in [0, 0.05) is 48.2 Å². The predicted molar refractivity (Wildman–Crippen MR) is 107 cm³/mol. The molecule has 0 bridgehead atoms. The Morgan fingerprint density at radius 3 is 2.79 bits per heavy atom. The number of pyridine rings is 3. The van der Waals surface area contributed by atoms with Gasteiger partial charge in [-0.15, -0.1) is 0 Å². The summed E-state index contributed by atoms with van der Waals surface area (Å²) in [5.41, 5.74) is 4.25. The largest absolute Gasteiger partial charge is 0.378 e. The number of hydrogen-bond donors (Lipinski definition) is 0. The zero-order valence-electron chi connectivity index (χ0n) is 15.2. The van der Waals surface area contributed by atoms with Crippen LogP contribution < -0.4 is 4.90 Å². The fourth-order valence-electron chi connectivity index (χ4n) is 3.63. The Hall–Kier alpha value is -3.19. The smallest absolute Gasteiger partial charge is 0.142 e. The minimum Gasteiger partial charge on any atom is -0.378 e. The van der Waals surface area contributed by atoms with Gasteiger partial charge in [0.15, 0.2) is 0 Å². The molecule has 2 aliphatic heterocycles. The summed E-state index contributed by atoms with van der Waals surface area (Å²) in [6, 6.07) is 5.43. The fraction of sp³-hybridized carbons (Fsp3) is 0.238. The Kier molecular flexibility index (Phi) is 4.29. The molecule has 5 rings (SSSR count). The lowest BCUT2D eigenvalue weighted by atomic mass is 10.0. The van der Waals surface area contributed by atoms with E-state index in [1.54, 1.807) is 18.6 Å². The third-order valence-corrected chi connectivity index (χ3v) is 5.01. The number of rotatable bonds is 3. The Bertz CT molecular complexity index is 1110. The summed E-state index contributed by atoms with van der Waals surface area (Å²) in [6.07, 6.45) is 8.42. The number of anilines is 1. The van der Waals surface area contributed by atoms with Crippen LogP contribution in [-0.4, -0.2) is 54.0 Å². The van der Waals surface area contributed by atoms with Gasteiger partial charge in [-0.25, -0.2) is 9.37 Å². The van der Waals surface area contributed by atoms with Crippen LogP contribution in [0.2, 0.25) is 0 Å². The molecule has 0 atom stereocenters. The SMILES string of the molecule is Fc1cncc(-c2cc(N3CCOCC3)nc3c(C4=CC=NC4)nccc23)c1. The van der Waals surface area contributed by atoms with Crippen LogP contribution in [-0.2, 0) is 4.74 Å². The first-order valence-corrected chi connectivity index (χ1v) is 9.22. The Labute approximate surface area is 161 Å². The van der Waals surface area contributed by atoms with Crippen molar-refractivity contribution in [3.05, 3.63) is 54.4 Å². The molecule has 1 saturated heterocycles. The maximum absolute atomic E-state index is 13.9. The maximum atomic E-state index is 13.9. The topological polar surface area (TPSA) is 63.5 Å². The van der Waals surface area contributed by atoms with Gasteiger partial charge in [0.2, 0.25) is 0 Å². The number of aromatic nitrogens is 3. The molecule has 0 aromatic carbocycles. The first-order chi connectivity index (χ1) is 13.8. The van der Waals surface area contributed by atoms with E-state index < -0.39 is 0 Å². The lowest BCUT2D eigenvalue weighted by Gasteiger charge is -2.28. The summed E-state index contributed by atoms with van der Waals surface area (Å²) in [5.74, 6) is 0.473. The van der Waals surface area contributed by atoms with Gasteiger partial charge in [0.05, 0.1) is 37.2 Å². The minimum atomic E-state index is -0.364. The highest BCUT2D eigenvalue weighted by Gasteiger charge is 2.19. The second-order valence-electron chi connectivity index (χ2n) is 6.76. The van der Waals surface area contributed by atoms with Crippen molar-refractivity contribution in [2.24, 2.45) is 4.99 Å². The molecular weight excluding hydrogens is 357 g/mol. The van der Waals surface area contributed by atoms with Crippen LogP contribution >= 0.6 is 0 Å². The molecule has 0 N–H and O–H groups in total. The number of nitrogens with zero attached hydrogens (tertiary/aromatic N) is 5. The zero-order valence-corrected chi connectivity index (χ0v) is 15.2. The third kappa shape index (κ3) is 3.03. The molecule has 1 fully saturated rings. The summed E-state index contributed by atoms with van der Waals surface area (Å²) in [6.45, 7) is 3.44. The zero-order chi connectivity index (χ0) is 18.9. The van der Waals surface area contributed by atoms with Crippen LogP contribution in [0.25, 0.3) is 27.6 Å². The lowest BCUT2D eigenvalue weighted by Crippen LogP contribution is -2.36. The molecule has 0 spiro atoms. The third-order valence-electron chi connectivity index (χ3n) is 5.01. The number of aliphatic imine (C=N–C) groups is 1. The van der Waals surface area contributed by atoms with Crippen LogP contribution in [0.5, 0.6) is 0 Å². The molecule has 0 unspecified atom stereocenters. The van der Waals surface area contributed by atoms with Crippen molar-refractivity contribution in [3.63, 3.8) is 0 Å². The van der Waals surface area contributed by atoms with E-state index in [1.165, 1.54) is 12.3 Å². The van der Waals surface area contributed by atoms with Crippen molar-refractivity contribution in [2.45, 2.75) is 0 Å². The van der Waals surface area contributed by atoms with Gasteiger partial charge in [0.1, 0.15) is 11.6 Å². The molecule has 6 nitrogen and oxygen atoms in total. The van der Waals surface area contributed by atoms with Crippen LogP contribution in [0.1, 0.15) is 5.69 Å². The van der Waals surface area contributed by atoms with Crippen LogP contribution in [0.15, 0.2) is 47.9 Å². The van der Waals surface area contributed by atoms with Crippen molar-refractivity contribution in [1.82, 2.24) is 15.0 Å². The molecule has 3 aromatic rings. The highest BCUT2D eigenvalue weighted by molar-refractivity contribution is 6.02. The Balaban J connectivity index is 1.75. The van der Waals surface area contributed by atoms with Gasteiger partial charge < -0.3 is 9.64 Å². The fourth-order valence-corrected chi connectivity index (χ4v) is 3.63. The number of allylic oxidation sites excluding steroid dienone is 1.